The van der Waals surface area contributed by atoms with E-state index in [1.807, 2.05) is 18.2 Å². The Labute approximate surface area is 191 Å². The Hall–Kier alpha value is -3.41. The zero-order valence-electron chi connectivity index (χ0n) is 19.6. The minimum atomic E-state index is 0.648. The van der Waals surface area contributed by atoms with Crippen LogP contribution < -0.4 is 24.2 Å². The highest BCUT2D eigenvalue weighted by atomic mass is 16.5. The van der Waals surface area contributed by atoms with Crippen LogP contribution in [-0.4, -0.2) is 59.5 Å². The van der Waals surface area contributed by atoms with Gasteiger partial charge >= 0.3 is 0 Å². The third kappa shape index (κ3) is 4.44. The maximum absolute atomic E-state index is 5.50. The molecule has 3 aromatic rings. The molecule has 0 spiro atoms. The number of methoxy groups -OCH3 is 2. The number of rotatable bonds is 6. The quantitative estimate of drug-likeness (QED) is 0.573. The van der Waals surface area contributed by atoms with Gasteiger partial charge in [0.1, 0.15) is 5.75 Å². The Morgan fingerprint density at radius 3 is 2.00 bits per heavy atom. The van der Waals surface area contributed by atoms with E-state index in [4.69, 9.17) is 14.5 Å². The van der Waals surface area contributed by atoms with Gasteiger partial charge in [0.2, 0.25) is 5.88 Å². The van der Waals surface area contributed by atoms with Gasteiger partial charge in [0.15, 0.2) is 0 Å². The summed E-state index contributed by atoms with van der Waals surface area (Å²) in [4.78, 5) is 11.8. The number of benzene rings is 2. The first-order chi connectivity index (χ1) is 15.5. The third-order valence-electron chi connectivity index (χ3n) is 6.06. The van der Waals surface area contributed by atoms with Crippen molar-refractivity contribution in [2.24, 2.45) is 0 Å². The molecule has 1 saturated heterocycles. The Morgan fingerprint density at radius 1 is 0.812 bits per heavy atom. The van der Waals surface area contributed by atoms with Crippen LogP contribution in [0.15, 0.2) is 54.6 Å². The first kappa shape index (κ1) is 21.8. The molecule has 0 amide bonds. The summed E-state index contributed by atoms with van der Waals surface area (Å²) in [5, 5.41) is 0. The fraction of sp³-hybridized carbons (Fsp3) is 0.346. The van der Waals surface area contributed by atoms with E-state index in [9.17, 15) is 0 Å². The number of nitrogens with zero attached hydrogens (tertiary/aromatic N) is 4. The second-order valence-electron chi connectivity index (χ2n) is 8.29. The largest absolute Gasteiger partial charge is 0.497 e. The first-order valence-corrected chi connectivity index (χ1v) is 11.0. The average molecular weight is 433 g/mol. The standard InChI is InChI=1S/C26H32N4O2/c1-19-18-24(32-5)27-25(20-6-8-21(9-7-20)28(2)3)26(19)30-16-14-29(15-17-30)22-10-12-23(31-4)13-11-22/h6-13,18H,14-17H2,1-5H3. The molecule has 168 valence electrons. The van der Waals surface area contributed by atoms with E-state index in [0.717, 1.165) is 43.2 Å². The molecule has 1 aliphatic rings. The highest BCUT2D eigenvalue weighted by molar-refractivity contribution is 5.79. The van der Waals surface area contributed by atoms with Gasteiger partial charge in [-0.3, -0.25) is 0 Å². The summed E-state index contributed by atoms with van der Waals surface area (Å²) in [6.45, 7) is 5.92. The highest BCUT2D eigenvalue weighted by Crippen LogP contribution is 2.36. The second-order valence-corrected chi connectivity index (χ2v) is 8.29. The molecule has 0 unspecified atom stereocenters. The van der Waals surface area contributed by atoms with Crippen LogP contribution in [-0.2, 0) is 0 Å². The summed E-state index contributed by atoms with van der Waals surface area (Å²) in [6, 6.07) is 18.9. The molecule has 0 atom stereocenters. The molecule has 0 N–H and O–H groups in total. The van der Waals surface area contributed by atoms with Crippen LogP contribution in [0, 0.1) is 6.92 Å². The molecule has 1 fully saturated rings. The van der Waals surface area contributed by atoms with Crippen LogP contribution in [0.1, 0.15) is 5.56 Å². The van der Waals surface area contributed by atoms with Crippen molar-refractivity contribution in [1.29, 1.82) is 0 Å². The molecule has 1 aliphatic heterocycles. The van der Waals surface area contributed by atoms with Crippen molar-refractivity contribution in [3.63, 3.8) is 0 Å². The van der Waals surface area contributed by atoms with E-state index >= 15 is 0 Å². The Bertz CT molecular complexity index is 1040. The minimum Gasteiger partial charge on any atom is -0.497 e. The lowest BCUT2D eigenvalue weighted by Crippen LogP contribution is -2.47. The van der Waals surface area contributed by atoms with E-state index in [0.29, 0.717) is 5.88 Å². The van der Waals surface area contributed by atoms with Gasteiger partial charge in [-0.1, -0.05) is 12.1 Å². The molecule has 6 heteroatoms. The molecular weight excluding hydrogens is 400 g/mol. The molecule has 0 bridgehead atoms. The maximum atomic E-state index is 5.50. The van der Waals surface area contributed by atoms with Crippen LogP contribution in [0.2, 0.25) is 0 Å². The average Bonchev–Trinajstić information content (AvgIpc) is 2.84. The van der Waals surface area contributed by atoms with Crippen molar-refractivity contribution < 1.29 is 9.47 Å². The normalized spacial score (nSPS) is 13.8. The summed E-state index contributed by atoms with van der Waals surface area (Å²) in [6.07, 6.45) is 0. The summed E-state index contributed by atoms with van der Waals surface area (Å²) in [5.74, 6) is 1.53. The van der Waals surface area contributed by atoms with Gasteiger partial charge in [-0.2, -0.15) is 0 Å². The number of hydrogen-bond donors (Lipinski definition) is 0. The molecule has 0 aliphatic carbocycles. The SMILES string of the molecule is COc1ccc(N2CCN(c3c(C)cc(OC)nc3-c3ccc(N(C)C)cc3)CC2)cc1. The second kappa shape index (κ2) is 9.39. The van der Waals surface area contributed by atoms with Crippen molar-refractivity contribution in [3.05, 3.63) is 60.2 Å². The monoisotopic (exact) mass is 432 g/mol. The summed E-state index contributed by atoms with van der Waals surface area (Å²) in [5.41, 5.74) is 6.85. The van der Waals surface area contributed by atoms with Crippen LogP contribution in [0.3, 0.4) is 0 Å². The number of hydrogen-bond acceptors (Lipinski definition) is 6. The topological polar surface area (TPSA) is 41.1 Å². The van der Waals surface area contributed by atoms with E-state index in [1.54, 1.807) is 14.2 Å². The Morgan fingerprint density at radius 2 is 1.44 bits per heavy atom. The van der Waals surface area contributed by atoms with Crippen LogP contribution in [0.5, 0.6) is 11.6 Å². The minimum absolute atomic E-state index is 0.648. The van der Waals surface area contributed by atoms with E-state index in [2.05, 4.69) is 72.1 Å². The zero-order valence-corrected chi connectivity index (χ0v) is 19.6. The van der Waals surface area contributed by atoms with Gasteiger partial charge < -0.3 is 24.2 Å². The fourth-order valence-electron chi connectivity index (χ4n) is 4.24. The molecule has 4 rings (SSSR count). The highest BCUT2D eigenvalue weighted by Gasteiger charge is 2.23. The molecule has 32 heavy (non-hydrogen) atoms. The van der Waals surface area contributed by atoms with Crippen molar-refractivity contribution >= 4 is 17.1 Å². The number of pyridine rings is 1. The predicted molar refractivity (Wildman–Crippen MR) is 133 cm³/mol. The maximum Gasteiger partial charge on any atom is 0.213 e. The van der Waals surface area contributed by atoms with Crippen molar-refractivity contribution in [2.75, 3.05) is 69.2 Å². The number of aryl methyl sites for hydroxylation is 1. The van der Waals surface area contributed by atoms with Crippen molar-refractivity contribution in [2.45, 2.75) is 6.92 Å². The summed E-state index contributed by atoms with van der Waals surface area (Å²) >= 11 is 0. The van der Waals surface area contributed by atoms with Gasteiger partial charge in [0.25, 0.3) is 0 Å². The van der Waals surface area contributed by atoms with Gasteiger partial charge in [-0.15, -0.1) is 0 Å². The lowest BCUT2D eigenvalue weighted by molar-refractivity contribution is 0.398. The van der Waals surface area contributed by atoms with Crippen LogP contribution in [0.4, 0.5) is 17.1 Å². The van der Waals surface area contributed by atoms with E-state index in [-0.39, 0.29) is 0 Å². The van der Waals surface area contributed by atoms with Crippen molar-refractivity contribution in [1.82, 2.24) is 4.98 Å². The smallest absolute Gasteiger partial charge is 0.213 e. The molecule has 2 heterocycles. The predicted octanol–water partition coefficient (Wildman–Crippen LogP) is 4.47. The number of ether oxygens (including phenoxy) is 2. The van der Waals surface area contributed by atoms with Gasteiger partial charge in [0.05, 0.1) is 25.6 Å². The molecule has 0 radical (unpaired) electrons. The summed E-state index contributed by atoms with van der Waals surface area (Å²) in [7, 11) is 7.48. The molecule has 1 aromatic heterocycles. The van der Waals surface area contributed by atoms with Crippen molar-refractivity contribution in [3.8, 4) is 22.9 Å². The Balaban J connectivity index is 1.60. The lowest BCUT2D eigenvalue weighted by Gasteiger charge is -2.38. The van der Waals surface area contributed by atoms with Gasteiger partial charge in [0, 0.05) is 63.3 Å². The number of aromatic nitrogens is 1. The third-order valence-corrected chi connectivity index (χ3v) is 6.06. The lowest BCUT2D eigenvalue weighted by atomic mass is 10.0. The number of anilines is 3. The van der Waals surface area contributed by atoms with Gasteiger partial charge in [-0.25, -0.2) is 4.98 Å². The molecule has 2 aromatic carbocycles. The molecule has 6 nitrogen and oxygen atoms in total. The Kier molecular flexibility index (Phi) is 6.40. The van der Waals surface area contributed by atoms with Gasteiger partial charge in [-0.05, 0) is 48.9 Å². The van der Waals surface area contributed by atoms with Crippen LogP contribution >= 0.6 is 0 Å². The zero-order chi connectivity index (χ0) is 22.7. The first-order valence-electron chi connectivity index (χ1n) is 11.0. The number of piperazine rings is 1. The molecule has 0 saturated carbocycles. The van der Waals surface area contributed by atoms with E-state index in [1.165, 1.54) is 22.6 Å². The summed E-state index contributed by atoms with van der Waals surface area (Å²) < 4.78 is 10.8. The van der Waals surface area contributed by atoms with Crippen LogP contribution in [0.25, 0.3) is 11.3 Å². The fourth-order valence-corrected chi connectivity index (χ4v) is 4.24. The van der Waals surface area contributed by atoms with E-state index < -0.39 is 0 Å². The molecular formula is C26H32N4O2.